The maximum atomic E-state index is 5.87. The first-order valence-electron chi connectivity index (χ1n) is 6.10. The predicted octanol–water partition coefficient (Wildman–Crippen LogP) is 2.65. The molecule has 3 N–H and O–H groups in total. The normalized spacial score (nSPS) is 10.6. The van der Waals surface area contributed by atoms with Gasteiger partial charge in [-0.25, -0.2) is 9.97 Å². The number of rotatable bonds is 5. The van der Waals surface area contributed by atoms with Crippen molar-refractivity contribution in [2.24, 2.45) is 0 Å². The second-order valence-corrected chi connectivity index (χ2v) is 5.14. The van der Waals surface area contributed by atoms with Crippen LogP contribution >= 0.6 is 11.3 Å². The summed E-state index contributed by atoms with van der Waals surface area (Å²) in [7, 11) is 0. The third kappa shape index (κ3) is 2.98. The Hall–Kier alpha value is -1.62. The van der Waals surface area contributed by atoms with E-state index in [0.29, 0.717) is 5.82 Å². The number of nitrogens with zero attached hydrogens (tertiary/aromatic N) is 2. The molecule has 0 aromatic carbocycles. The minimum Gasteiger partial charge on any atom is -0.383 e. The van der Waals surface area contributed by atoms with E-state index in [9.17, 15) is 0 Å². The number of hydrogen-bond donors (Lipinski definition) is 2. The Morgan fingerprint density at radius 1 is 1.39 bits per heavy atom. The topological polar surface area (TPSA) is 63.8 Å². The number of nitrogens with one attached hydrogen (secondary N) is 1. The van der Waals surface area contributed by atoms with Gasteiger partial charge in [-0.15, -0.1) is 11.3 Å². The smallest absolute Gasteiger partial charge is 0.134 e. The lowest BCUT2D eigenvalue weighted by atomic mass is 10.3. The van der Waals surface area contributed by atoms with Crippen molar-refractivity contribution >= 4 is 23.0 Å². The van der Waals surface area contributed by atoms with Gasteiger partial charge in [-0.2, -0.15) is 0 Å². The first kappa shape index (κ1) is 12.8. The largest absolute Gasteiger partial charge is 0.383 e. The summed E-state index contributed by atoms with van der Waals surface area (Å²) in [6.07, 6.45) is 1.80. The van der Waals surface area contributed by atoms with E-state index in [0.717, 1.165) is 36.6 Å². The van der Waals surface area contributed by atoms with Gasteiger partial charge in [0, 0.05) is 23.4 Å². The van der Waals surface area contributed by atoms with Crippen LogP contribution in [0.4, 0.5) is 11.6 Å². The molecule has 0 radical (unpaired) electrons. The van der Waals surface area contributed by atoms with Gasteiger partial charge in [0.25, 0.3) is 0 Å². The average molecular weight is 262 g/mol. The van der Waals surface area contributed by atoms with Crippen molar-refractivity contribution in [3.63, 3.8) is 0 Å². The summed E-state index contributed by atoms with van der Waals surface area (Å²) >= 11 is 1.78. The molecule has 5 heteroatoms. The summed E-state index contributed by atoms with van der Waals surface area (Å²) in [5, 5.41) is 5.44. The molecular weight excluding hydrogens is 244 g/mol. The lowest BCUT2D eigenvalue weighted by Crippen LogP contribution is -2.11. The molecular formula is C13H18N4S. The summed E-state index contributed by atoms with van der Waals surface area (Å²) in [6, 6.07) is 4.22. The van der Waals surface area contributed by atoms with E-state index in [1.807, 2.05) is 13.8 Å². The molecule has 0 aliphatic carbocycles. The summed E-state index contributed by atoms with van der Waals surface area (Å²) in [6.45, 7) is 4.84. The van der Waals surface area contributed by atoms with Gasteiger partial charge in [0.15, 0.2) is 0 Å². The third-order valence-electron chi connectivity index (χ3n) is 2.79. The van der Waals surface area contributed by atoms with Crippen molar-refractivity contribution in [3.05, 3.63) is 33.8 Å². The Kier molecular flexibility index (Phi) is 4.15. The fourth-order valence-corrected chi connectivity index (χ4v) is 2.38. The molecule has 2 aromatic heterocycles. The lowest BCUT2D eigenvalue weighted by Gasteiger charge is -2.11. The van der Waals surface area contributed by atoms with Crippen LogP contribution in [0.2, 0.25) is 0 Å². The van der Waals surface area contributed by atoms with Gasteiger partial charge in [0.2, 0.25) is 0 Å². The average Bonchev–Trinajstić information content (AvgIpc) is 2.87. The predicted molar refractivity (Wildman–Crippen MR) is 77.1 cm³/mol. The van der Waals surface area contributed by atoms with Gasteiger partial charge in [0.05, 0.1) is 0 Å². The van der Waals surface area contributed by atoms with Crippen LogP contribution in [0.1, 0.15) is 23.2 Å². The molecule has 18 heavy (non-hydrogen) atoms. The van der Waals surface area contributed by atoms with Crippen LogP contribution in [0, 0.1) is 6.92 Å². The lowest BCUT2D eigenvalue weighted by molar-refractivity contribution is 0.923. The highest BCUT2D eigenvalue weighted by atomic mass is 32.1. The van der Waals surface area contributed by atoms with Crippen molar-refractivity contribution < 1.29 is 0 Å². The van der Waals surface area contributed by atoms with Gasteiger partial charge in [-0.3, -0.25) is 0 Å². The molecule has 0 bridgehead atoms. The van der Waals surface area contributed by atoms with Crippen LogP contribution in [0.15, 0.2) is 17.5 Å². The SMILES string of the molecule is CCc1nc(N)c(C)c(NCCc2cccs2)n1. The van der Waals surface area contributed by atoms with Crippen molar-refractivity contribution in [2.45, 2.75) is 26.7 Å². The van der Waals surface area contributed by atoms with Crippen molar-refractivity contribution in [1.29, 1.82) is 0 Å². The van der Waals surface area contributed by atoms with E-state index in [1.165, 1.54) is 4.88 Å². The zero-order chi connectivity index (χ0) is 13.0. The molecule has 0 atom stereocenters. The fourth-order valence-electron chi connectivity index (χ4n) is 1.67. The summed E-state index contributed by atoms with van der Waals surface area (Å²) < 4.78 is 0. The molecule has 0 fully saturated rings. The van der Waals surface area contributed by atoms with Gasteiger partial charge in [0.1, 0.15) is 17.5 Å². The van der Waals surface area contributed by atoms with E-state index >= 15 is 0 Å². The van der Waals surface area contributed by atoms with E-state index < -0.39 is 0 Å². The summed E-state index contributed by atoms with van der Waals surface area (Å²) in [5.41, 5.74) is 6.80. The van der Waals surface area contributed by atoms with Crippen LogP contribution in [-0.4, -0.2) is 16.5 Å². The molecule has 0 aliphatic rings. The number of hydrogen-bond acceptors (Lipinski definition) is 5. The Balaban J connectivity index is 2.02. The first-order chi connectivity index (χ1) is 8.70. The summed E-state index contributed by atoms with van der Waals surface area (Å²) in [5.74, 6) is 2.22. The number of thiophene rings is 1. The van der Waals surface area contributed by atoms with E-state index in [4.69, 9.17) is 5.73 Å². The molecule has 2 rings (SSSR count). The molecule has 0 unspecified atom stereocenters. The van der Waals surface area contributed by atoms with Gasteiger partial charge >= 0.3 is 0 Å². The Morgan fingerprint density at radius 3 is 2.89 bits per heavy atom. The monoisotopic (exact) mass is 262 g/mol. The van der Waals surface area contributed by atoms with Crippen LogP contribution in [0.25, 0.3) is 0 Å². The highest BCUT2D eigenvalue weighted by Crippen LogP contribution is 2.17. The molecule has 96 valence electrons. The minimum atomic E-state index is 0.570. The van der Waals surface area contributed by atoms with Crippen LogP contribution in [0.5, 0.6) is 0 Å². The molecule has 0 saturated carbocycles. The molecule has 0 aliphatic heterocycles. The quantitative estimate of drug-likeness (QED) is 0.869. The van der Waals surface area contributed by atoms with Crippen molar-refractivity contribution in [1.82, 2.24) is 9.97 Å². The highest BCUT2D eigenvalue weighted by Gasteiger charge is 2.07. The number of aryl methyl sites for hydroxylation is 1. The molecule has 0 spiro atoms. The Morgan fingerprint density at radius 2 is 2.22 bits per heavy atom. The van der Waals surface area contributed by atoms with E-state index in [2.05, 4.69) is 32.8 Å². The minimum absolute atomic E-state index is 0.570. The zero-order valence-corrected chi connectivity index (χ0v) is 11.5. The van der Waals surface area contributed by atoms with Crippen molar-refractivity contribution in [2.75, 3.05) is 17.6 Å². The van der Waals surface area contributed by atoms with E-state index in [1.54, 1.807) is 11.3 Å². The van der Waals surface area contributed by atoms with Gasteiger partial charge < -0.3 is 11.1 Å². The molecule has 2 heterocycles. The fraction of sp³-hybridized carbons (Fsp3) is 0.385. The Bertz CT molecular complexity index is 508. The number of nitrogen functional groups attached to an aromatic ring is 1. The number of aromatic nitrogens is 2. The van der Waals surface area contributed by atoms with Gasteiger partial charge in [-0.1, -0.05) is 13.0 Å². The second-order valence-electron chi connectivity index (χ2n) is 4.11. The maximum Gasteiger partial charge on any atom is 0.134 e. The molecule has 4 nitrogen and oxygen atoms in total. The van der Waals surface area contributed by atoms with Crippen LogP contribution in [-0.2, 0) is 12.8 Å². The van der Waals surface area contributed by atoms with Crippen LogP contribution < -0.4 is 11.1 Å². The van der Waals surface area contributed by atoms with Gasteiger partial charge in [-0.05, 0) is 24.8 Å². The standard InChI is InChI=1S/C13H18N4S/c1-3-11-16-12(14)9(2)13(17-11)15-7-6-10-5-4-8-18-10/h4-5,8H,3,6-7H2,1-2H3,(H3,14,15,16,17). The summed E-state index contributed by atoms with van der Waals surface area (Å²) in [4.78, 5) is 10.1. The third-order valence-corrected chi connectivity index (χ3v) is 3.73. The highest BCUT2D eigenvalue weighted by molar-refractivity contribution is 7.09. The number of anilines is 2. The maximum absolute atomic E-state index is 5.87. The number of nitrogens with two attached hydrogens (primary N) is 1. The zero-order valence-electron chi connectivity index (χ0n) is 10.7. The molecule has 0 amide bonds. The first-order valence-corrected chi connectivity index (χ1v) is 6.98. The van der Waals surface area contributed by atoms with Crippen LogP contribution in [0.3, 0.4) is 0 Å². The van der Waals surface area contributed by atoms with Crippen molar-refractivity contribution in [3.8, 4) is 0 Å². The molecule has 0 saturated heterocycles. The Labute approximate surface area is 111 Å². The molecule has 2 aromatic rings. The second kappa shape index (κ2) is 5.82. The van der Waals surface area contributed by atoms with E-state index in [-0.39, 0.29) is 0 Å².